The van der Waals surface area contributed by atoms with Crippen LogP contribution in [0.25, 0.3) is 0 Å². The minimum absolute atomic E-state index is 0.0620. The van der Waals surface area contributed by atoms with Crippen LogP contribution in [0.1, 0.15) is 18.4 Å². The van der Waals surface area contributed by atoms with Crippen molar-refractivity contribution >= 4 is 23.1 Å². The number of rotatable bonds is 2. The summed E-state index contributed by atoms with van der Waals surface area (Å²) in [5.41, 5.74) is 0.150. The van der Waals surface area contributed by atoms with Gasteiger partial charge in [-0.1, -0.05) is 16.8 Å². The largest absolute Gasteiger partial charge is 0.419 e. The lowest BCUT2D eigenvalue weighted by atomic mass is 10.1. The quantitative estimate of drug-likeness (QED) is 0.788. The number of alkyl halides is 3. The molecule has 0 saturated carbocycles. The fourth-order valence-corrected chi connectivity index (χ4v) is 2.37. The highest BCUT2D eigenvalue weighted by Gasteiger charge is 2.34. The van der Waals surface area contributed by atoms with Gasteiger partial charge in [0.2, 0.25) is 0 Å². The summed E-state index contributed by atoms with van der Waals surface area (Å²) in [6.45, 7) is 1.26. The second-order valence-corrected chi connectivity index (χ2v) is 4.82. The highest BCUT2D eigenvalue weighted by molar-refractivity contribution is 6.32. The molecular formula is C12H14ClF3N3O+. The van der Waals surface area contributed by atoms with Gasteiger partial charge in [-0.3, -0.25) is 4.90 Å². The highest BCUT2D eigenvalue weighted by Crippen LogP contribution is 2.32. The second kappa shape index (κ2) is 5.87. The van der Waals surface area contributed by atoms with Crippen molar-refractivity contribution in [2.45, 2.75) is 19.0 Å². The summed E-state index contributed by atoms with van der Waals surface area (Å²) in [5.74, 6) is 0.496. The third-order valence-corrected chi connectivity index (χ3v) is 3.37. The molecule has 1 fully saturated rings. The Morgan fingerprint density at radius 2 is 2.00 bits per heavy atom. The van der Waals surface area contributed by atoms with Crippen molar-refractivity contribution in [3.8, 4) is 0 Å². The van der Waals surface area contributed by atoms with E-state index < -0.39 is 11.7 Å². The van der Waals surface area contributed by atoms with Crippen molar-refractivity contribution < 1.29 is 23.0 Å². The first-order chi connectivity index (χ1) is 9.41. The molecule has 0 atom stereocenters. The number of pyridine rings is 1. The van der Waals surface area contributed by atoms with E-state index in [9.17, 15) is 13.2 Å². The van der Waals surface area contributed by atoms with E-state index in [1.807, 2.05) is 4.90 Å². The summed E-state index contributed by atoms with van der Waals surface area (Å²) in [5, 5.41) is 3.94. The van der Waals surface area contributed by atoms with Gasteiger partial charge in [0.05, 0.1) is 24.4 Å². The zero-order valence-corrected chi connectivity index (χ0v) is 11.6. The third-order valence-electron chi connectivity index (χ3n) is 3.08. The van der Waals surface area contributed by atoms with E-state index in [4.69, 9.17) is 16.4 Å². The molecule has 1 aromatic rings. The van der Waals surface area contributed by atoms with Crippen LogP contribution in [0, 0.1) is 0 Å². The Kier molecular flexibility index (Phi) is 4.37. The van der Waals surface area contributed by atoms with Gasteiger partial charge in [0.25, 0.3) is 5.82 Å². The first kappa shape index (κ1) is 14.9. The van der Waals surface area contributed by atoms with Crippen molar-refractivity contribution in [3.63, 3.8) is 0 Å². The van der Waals surface area contributed by atoms with E-state index in [0.717, 1.165) is 18.0 Å². The Morgan fingerprint density at radius 3 is 2.50 bits per heavy atom. The zero-order chi connectivity index (χ0) is 14.8. The molecule has 20 heavy (non-hydrogen) atoms. The second-order valence-electron chi connectivity index (χ2n) is 4.41. The fraction of sp³-hybridized carbons (Fsp3) is 0.500. The first-order valence-corrected chi connectivity index (χ1v) is 6.42. The average Bonchev–Trinajstić information content (AvgIpc) is 2.39. The number of anilines is 1. The van der Waals surface area contributed by atoms with Crippen LogP contribution >= 0.6 is 11.6 Å². The number of oxime groups is 1. The van der Waals surface area contributed by atoms with Crippen LogP contribution < -0.4 is 9.88 Å². The average molecular weight is 309 g/mol. The summed E-state index contributed by atoms with van der Waals surface area (Å²) in [6.07, 6.45) is -2.09. The Bertz CT molecular complexity index is 509. The maximum Gasteiger partial charge on any atom is 0.419 e. The van der Waals surface area contributed by atoms with Gasteiger partial charge in [-0.2, -0.15) is 13.2 Å². The highest BCUT2D eigenvalue weighted by atomic mass is 35.5. The molecule has 1 aliphatic rings. The molecule has 2 rings (SSSR count). The predicted molar refractivity (Wildman–Crippen MR) is 68.9 cm³/mol. The predicted octanol–water partition coefficient (Wildman–Crippen LogP) is 2.78. The molecule has 110 valence electrons. The number of nitrogens with zero attached hydrogens (tertiary/aromatic N) is 2. The zero-order valence-electron chi connectivity index (χ0n) is 10.8. The number of aromatic nitrogens is 1. The fourth-order valence-electron chi connectivity index (χ4n) is 2.08. The maximum atomic E-state index is 12.6. The van der Waals surface area contributed by atoms with Crippen LogP contribution in [0.15, 0.2) is 17.4 Å². The normalized spacial score (nSPS) is 16.2. The van der Waals surface area contributed by atoms with Gasteiger partial charge in [0, 0.05) is 12.8 Å². The molecule has 8 heteroatoms. The summed E-state index contributed by atoms with van der Waals surface area (Å²) < 4.78 is 37.7. The van der Waals surface area contributed by atoms with Crippen molar-refractivity contribution in [3.05, 3.63) is 22.8 Å². The molecule has 0 aromatic carbocycles. The molecule has 0 unspecified atom stereocenters. The van der Waals surface area contributed by atoms with Crippen LogP contribution in [-0.4, -0.2) is 25.9 Å². The smallest absolute Gasteiger partial charge is 0.399 e. The van der Waals surface area contributed by atoms with E-state index in [0.29, 0.717) is 31.7 Å². The Morgan fingerprint density at radius 1 is 1.35 bits per heavy atom. The number of hydrogen-bond acceptors (Lipinski definition) is 3. The topological polar surface area (TPSA) is 39.0 Å². The van der Waals surface area contributed by atoms with Gasteiger partial charge in [0.1, 0.15) is 18.3 Å². The Hall–Kier alpha value is -1.50. The molecule has 2 heterocycles. The van der Waals surface area contributed by atoms with Crippen molar-refractivity contribution in [1.82, 2.24) is 0 Å². The van der Waals surface area contributed by atoms with Crippen LogP contribution in [0.4, 0.5) is 19.0 Å². The van der Waals surface area contributed by atoms with E-state index in [-0.39, 0.29) is 5.02 Å². The SMILES string of the molecule is CON=C1CCN(c2[nH+]cc(C(F)(F)F)cc2Cl)CC1. The van der Waals surface area contributed by atoms with Crippen molar-refractivity contribution in [2.75, 3.05) is 25.1 Å². The van der Waals surface area contributed by atoms with E-state index >= 15 is 0 Å². The van der Waals surface area contributed by atoms with Crippen molar-refractivity contribution in [2.24, 2.45) is 5.16 Å². The number of H-pyrrole nitrogens is 1. The minimum Gasteiger partial charge on any atom is -0.399 e. The van der Waals surface area contributed by atoms with E-state index in [1.54, 1.807) is 0 Å². The van der Waals surface area contributed by atoms with Crippen molar-refractivity contribution in [1.29, 1.82) is 0 Å². The number of hydrogen-bond donors (Lipinski definition) is 0. The molecule has 0 aliphatic carbocycles. The minimum atomic E-state index is -4.40. The maximum absolute atomic E-state index is 12.6. The number of piperidine rings is 1. The first-order valence-electron chi connectivity index (χ1n) is 6.04. The Labute approximate surface area is 119 Å². The lowest BCUT2D eigenvalue weighted by Crippen LogP contribution is -2.37. The van der Waals surface area contributed by atoms with Crippen LogP contribution in [-0.2, 0) is 11.0 Å². The number of aromatic amines is 1. The van der Waals surface area contributed by atoms with E-state index in [2.05, 4.69) is 10.1 Å². The molecule has 0 spiro atoms. The van der Waals surface area contributed by atoms with Gasteiger partial charge in [0.15, 0.2) is 0 Å². The number of nitrogens with one attached hydrogen (secondary N) is 1. The lowest BCUT2D eigenvalue weighted by Gasteiger charge is -2.22. The summed E-state index contributed by atoms with van der Waals surface area (Å²) in [6, 6.07) is 0.937. The molecule has 0 bridgehead atoms. The molecule has 0 radical (unpaired) electrons. The van der Waals surface area contributed by atoms with Crippen LogP contribution in [0.2, 0.25) is 5.02 Å². The third kappa shape index (κ3) is 3.33. The van der Waals surface area contributed by atoms with Gasteiger partial charge < -0.3 is 4.84 Å². The summed E-state index contributed by atoms with van der Waals surface area (Å²) in [4.78, 5) is 9.24. The van der Waals surface area contributed by atoms with Gasteiger partial charge in [-0.15, -0.1) is 0 Å². The Balaban J connectivity index is 2.13. The lowest BCUT2D eigenvalue weighted by molar-refractivity contribution is -0.367. The number of halogens is 4. The molecule has 0 amide bonds. The molecule has 1 N–H and O–H groups in total. The van der Waals surface area contributed by atoms with Crippen LogP contribution in [0.3, 0.4) is 0 Å². The van der Waals surface area contributed by atoms with Gasteiger partial charge in [-0.25, -0.2) is 4.98 Å². The molecular weight excluding hydrogens is 295 g/mol. The molecule has 1 aliphatic heterocycles. The van der Waals surface area contributed by atoms with Crippen LogP contribution in [0.5, 0.6) is 0 Å². The van der Waals surface area contributed by atoms with Gasteiger partial charge in [-0.05, 0) is 6.07 Å². The molecule has 4 nitrogen and oxygen atoms in total. The molecule has 1 saturated heterocycles. The van der Waals surface area contributed by atoms with E-state index in [1.165, 1.54) is 7.11 Å². The van der Waals surface area contributed by atoms with Gasteiger partial charge >= 0.3 is 6.18 Å². The standard InChI is InChI=1S/C12H13ClF3N3O/c1-20-18-9-2-4-19(5-3-9)11-10(13)6-8(7-17-11)12(14,15)16/h6-7H,2-5H2,1H3/p+1. The molecule has 1 aromatic heterocycles. The summed E-state index contributed by atoms with van der Waals surface area (Å²) in [7, 11) is 1.49. The summed E-state index contributed by atoms with van der Waals surface area (Å²) >= 11 is 5.94. The monoisotopic (exact) mass is 308 g/mol.